The quantitative estimate of drug-likeness (QED) is 0.777. The number of aliphatic hydroxyl groups excluding tert-OH is 1. The lowest BCUT2D eigenvalue weighted by molar-refractivity contribution is 0.178. The van der Waals surface area contributed by atoms with E-state index in [1.165, 1.54) is 0 Å². The number of para-hydroxylation sites is 2. The van der Waals surface area contributed by atoms with Gasteiger partial charge in [0.05, 0.1) is 17.6 Å². The van der Waals surface area contributed by atoms with Crippen molar-refractivity contribution in [3.05, 3.63) is 53.7 Å². The van der Waals surface area contributed by atoms with Gasteiger partial charge in [-0.15, -0.1) is 0 Å². The first-order valence-electron chi connectivity index (χ1n) is 8.17. The second kappa shape index (κ2) is 6.18. The van der Waals surface area contributed by atoms with Crippen molar-refractivity contribution in [1.82, 2.24) is 14.9 Å². The Morgan fingerprint density at radius 3 is 2.91 bits per heavy atom. The molecule has 1 fully saturated rings. The van der Waals surface area contributed by atoms with Gasteiger partial charge in [0, 0.05) is 12.5 Å². The maximum atomic E-state index is 9.10. The molecule has 3 heterocycles. The van der Waals surface area contributed by atoms with Gasteiger partial charge >= 0.3 is 0 Å². The zero-order chi connectivity index (χ0) is 15.6. The summed E-state index contributed by atoms with van der Waals surface area (Å²) in [6, 6.07) is 12.0. The van der Waals surface area contributed by atoms with Crippen LogP contribution in [0.1, 0.15) is 36.1 Å². The van der Waals surface area contributed by atoms with Gasteiger partial charge in [-0.1, -0.05) is 12.1 Å². The molecule has 2 N–H and O–H groups in total. The number of piperidine rings is 1. The first kappa shape index (κ1) is 14.5. The smallest absolute Gasteiger partial charge is 0.129 e. The Kier molecular flexibility index (Phi) is 3.89. The first-order chi connectivity index (χ1) is 11.3. The lowest BCUT2D eigenvalue weighted by Crippen LogP contribution is -2.34. The molecule has 1 aliphatic heterocycles. The van der Waals surface area contributed by atoms with Gasteiger partial charge < -0.3 is 14.5 Å². The molecule has 1 unspecified atom stereocenters. The number of H-pyrrole nitrogens is 1. The van der Waals surface area contributed by atoms with Crippen molar-refractivity contribution in [3.8, 4) is 0 Å². The maximum Gasteiger partial charge on any atom is 0.129 e. The van der Waals surface area contributed by atoms with Gasteiger partial charge in [-0.2, -0.15) is 0 Å². The van der Waals surface area contributed by atoms with Crippen LogP contribution < -0.4 is 0 Å². The van der Waals surface area contributed by atoms with E-state index in [2.05, 4.69) is 22.0 Å². The van der Waals surface area contributed by atoms with Crippen LogP contribution >= 0.6 is 0 Å². The lowest BCUT2D eigenvalue weighted by atomic mass is 9.97. The van der Waals surface area contributed by atoms with Crippen LogP contribution in [0.15, 0.2) is 40.8 Å². The van der Waals surface area contributed by atoms with E-state index >= 15 is 0 Å². The van der Waals surface area contributed by atoms with Gasteiger partial charge in [0.25, 0.3) is 0 Å². The second-order valence-corrected chi connectivity index (χ2v) is 6.24. The van der Waals surface area contributed by atoms with Crippen molar-refractivity contribution in [2.45, 2.75) is 31.9 Å². The summed E-state index contributed by atoms with van der Waals surface area (Å²) in [5.74, 6) is 3.07. The number of furan rings is 1. The minimum absolute atomic E-state index is 0.0401. The van der Waals surface area contributed by atoms with Crippen LogP contribution in [0.4, 0.5) is 0 Å². The Morgan fingerprint density at radius 1 is 1.22 bits per heavy atom. The van der Waals surface area contributed by atoms with Crippen LogP contribution in [0.3, 0.4) is 0 Å². The Morgan fingerprint density at radius 2 is 2.09 bits per heavy atom. The number of benzene rings is 1. The van der Waals surface area contributed by atoms with E-state index in [1.807, 2.05) is 24.3 Å². The number of rotatable bonds is 4. The van der Waals surface area contributed by atoms with Crippen LogP contribution in [0.25, 0.3) is 11.0 Å². The monoisotopic (exact) mass is 311 g/mol. The van der Waals surface area contributed by atoms with Crippen LogP contribution in [-0.2, 0) is 13.2 Å². The highest BCUT2D eigenvalue weighted by Gasteiger charge is 2.24. The van der Waals surface area contributed by atoms with Gasteiger partial charge in [0.2, 0.25) is 0 Å². The molecule has 1 atom stereocenters. The molecule has 0 radical (unpaired) electrons. The third-order valence-corrected chi connectivity index (χ3v) is 4.55. The standard InChI is InChI=1S/C18H21N3O2/c22-12-15-8-7-14(23-15)11-21-9-3-4-13(10-21)18-19-16-5-1-2-6-17(16)20-18/h1-2,5-8,13,22H,3-4,9-12H2,(H,19,20). The molecule has 0 aliphatic carbocycles. The zero-order valence-corrected chi connectivity index (χ0v) is 13.0. The number of fused-ring (bicyclic) bond motifs is 1. The summed E-state index contributed by atoms with van der Waals surface area (Å²) in [6.45, 7) is 2.80. The molecule has 2 aromatic heterocycles. The van der Waals surface area contributed by atoms with E-state index in [4.69, 9.17) is 14.5 Å². The van der Waals surface area contributed by atoms with Crippen molar-refractivity contribution in [2.75, 3.05) is 13.1 Å². The van der Waals surface area contributed by atoms with Crippen LogP contribution in [-0.4, -0.2) is 33.1 Å². The molecule has 5 heteroatoms. The highest BCUT2D eigenvalue weighted by molar-refractivity contribution is 5.74. The number of nitrogens with zero attached hydrogens (tertiary/aromatic N) is 2. The minimum Gasteiger partial charge on any atom is -0.462 e. The van der Waals surface area contributed by atoms with E-state index < -0.39 is 0 Å². The Balaban J connectivity index is 1.47. The third kappa shape index (κ3) is 3.02. The fourth-order valence-corrected chi connectivity index (χ4v) is 3.40. The summed E-state index contributed by atoms with van der Waals surface area (Å²) in [6.07, 6.45) is 2.33. The molecular weight excluding hydrogens is 290 g/mol. The summed E-state index contributed by atoms with van der Waals surface area (Å²) >= 11 is 0. The fourth-order valence-electron chi connectivity index (χ4n) is 3.40. The molecule has 1 aromatic carbocycles. The van der Waals surface area contributed by atoms with Gasteiger partial charge in [0.1, 0.15) is 24.0 Å². The van der Waals surface area contributed by atoms with Gasteiger partial charge in [-0.3, -0.25) is 4.90 Å². The predicted molar refractivity (Wildman–Crippen MR) is 88.0 cm³/mol. The van der Waals surface area contributed by atoms with Crippen molar-refractivity contribution < 1.29 is 9.52 Å². The molecule has 0 spiro atoms. The normalized spacial score (nSPS) is 19.4. The molecule has 4 rings (SSSR count). The molecule has 120 valence electrons. The van der Waals surface area contributed by atoms with Crippen LogP contribution in [0.5, 0.6) is 0 Å². The summed E-state index contributed by atoms with van der Waals surface area (Å²) in [5.41, 5.74) is 2.15. The average molecular weight is 311 g/mol. The number of aromatic nitrogens is 2. The maximum absolute atomic E-state index is 9.10. The Labute approximate surface area is 134 Å². The molecule has 5 nitrogen and oxygen atoms in total. The summed E-state index contributed by atoms with van der Waals surface area (Å²) in [7, 11) is 0. The summed E-state index contributed by atoms with van der Waals surface area (Å²) in [4.78, 5) is 10.6. The SMILES string of the molecule is OCc1ccc(CN2CCCC(c3nc4ccccc4[nH]3)C2)o1. The third-order valence-electron chi connectivity index (χ3n) is 4.55. The number of nitrogens with one attached hydrogen (secondary N) is 1. The molecule has 1 aliphatic rings. The molecule has 1 saturated heterocycles. The zero-order valence-electron chi connectivity index (χ0n) is 13.0. The highest BCUT2D eigenvalue weighted by atomic mass is 16.4. The number of hydrogen-bond donors (Lipinski definition) is 2. The molecule has 0 bridgehead atoms. The number of hydrogen-bond acceptors (Lipinski definition) is 4. The molecule has 3 aromatic rings. The topological polar surface area (TPSA) is 65.3 Å². The van der Waals surface area contributed by atoms with Gasteiger partial charge in [-0.25, -0.2) is 4.98 Å². The number of aliphatic hydroxyl groups is 1. The molecule has 0 amide bonds. The largest absolute Gasteiger partial charge is 0.462 e. The lowest BCUT2D eigenvalue weighted by Gasteiger charge is -2.31. The minimum atomic E-state index is -0.0401. The second-order valence-electron chi connectivity index (χ2n) is 6.24. The molecular formula is C18H21N3O2. The van der Waals surface area contributed by atoms with E-state index in [1.54, 1.807) is 0 Å². The van der Waals surface area contributed by atoms with Crippen molar-refractivity contribution >= 4 is 11.0 Å². The predicted octanol–water partition coefficient (Wildman–Crippen LogP) is 3.03. The number of aromatic amines is 1. The van der Waals surface area contributed by atoms with E-state index in [0.29, 0.717) is 11.7 Å². The highest BCUT2D eigenvalue weighted by Crippen LogP contribution is 2.27. The van der Waals surface area contributed by atoms with Crippen LogP contribution in [0, 0.1) is 0 Å². The molecule has 0 saturated carbocycles. The van der Waals surface area contributed by atoms with E-state index in [9.17, 15) is 0 Å². The van der Waals surface area contributed by atoms with Crippen molar-refractivity contribution in [2.24, 2.45) is 0 Å². The molecule has 23 heavy (non-hydrogen) atoms. The number of likely N-dealkylation sites (tertiary alicyclic amines) is 1. The summed E-state index contributed by atoms with van der Waals surface area (Å²) in [5, 5.41) is 9.10. The fraction of sp³-hybridized carbons (Fsp3) is 0.389. The van der Waals surface area contributed by atoms with E-state index in [0.717, 1.165) is 55.1 Å². The summed E-state index contributed by atoms with van der Waals surface area (Å²) < 4.78 is 5.61. The van der Waals surface area contributed by atoms with Crippen molar-refractivity contribution in [1.29, 1.82) is 0 Å². The Bertz CT molecular complexity index is 759. The van der Waals surface area contributed by atoms with E-state index in [-0.39, 0.29) is 6.61 Å². The average Bonchev–Trinajstić information content (AvgIpc) is 3.21. The van der Waals surface area contributed by atoms with Crippen LogP contribution in [0.2, 0.25) is 0 Å². The van der Waals surface area contributed by atoms with Crippen molar-refractivity contribution in [3.63, 3.8) is 0 Å². The Hall–Kier alpha value is -2.11. The van der Waals surface area contributed by atoms with Gasteiger partial charge in [0.15, 0.2) is 0 Å². The first-order valence-corrected chi connectivity index (χ1v) is 8.17. The number of imidazole rings is 1. The van der Waals surface area contributed by atoms with Gasteiger partial charge in [-0.05, 0) is 43.7 Å².